The van der Waals surface area contributed by atoms with Crippen LogP contribution in [0.15, 0.2) is 5.16 Å². The van der Waals surface area contributed by atoms with Crippen LogP contribution in [-0.4, -0.2) is 45.9 Å². The normalized spacial score (nSPS) is 15.0. The highest BCUT2D eigenvalue weighted by atomic mass is 32.2. The van der Waals surface area contributed by atoms with Crippen molar-refractivity contribution in [1.29, 1.82) is 0 Å². The second-order valence-corrected chi connectivity index (χ2v) is 9.25. The van der Waals surface area contributed by atoms with Crippen LogP contribution >= 0.6 is 11.8 Å². The van der Waals surface area contributed by atoms with Crippen LogP contribution in [0.5, 0.6) is 0 Å². The van der Waals surface area contributed by atoms with Gasteiger partial charge in [-0.05, 0) is 31.9 Å². The Balaban J connectivity index is 1.65. The van der Waals surface area contributed by atoms with Crippen LogP contribution in [0.3, 0.4) is 0 Å². The summed E-state index contributed by atoms with van der Waals surface area (Å²) in [7, 11) is 0. The van der Waals surface area contributed by atoms with E-state index < -0.39 is 5.41 Å². The minimum absolute atomic E-state index is 0.0175. The van der Waals surface area contributed by atoms with E-state index in [9.17, 15) is 9.59 Å². The highest BCUT2D eigenvalue weighted by molar-refractivity contribution is 7.98. The molecule has 0 unspecified atom stereocenters. The Morgan fingerprint density at radius 3 is 2.43 bits per heavy atom. The fourth-order valence-corrected chi connectivity index (χ4v) is 4.00. The van der Waals surface area contributed by atoms with Crippen molar-refractivity contribution in [3.63, 3.8) is 0 Å². The zero-order chi connectivity index (χ0) is 20.6. The molecule has 8 heteroatoms. The molecule has 1 aromatic heterocycles. The summed E-state index contributed by atoms with van der Waals surface area (Å²) in [4.78, 5) is 23.7. The molecule has 1 aromatic rings. The first kappa shape index (κ1) is 22.7. The predicted molar refractivity (Wildman–Crippen MR) is 112 cm³/mol. The first-order valence-corrected chi connectivity index (χ1v) is 11.6. The Labute approximate surface area is 172 Å². The summed E-state index contributed by atoms with van der Waals surface area (Å²) in [6.45, 7) is 6.81. The van der Waals surface area contributed by atoms with E-state index in [0.29, 0.717) is 32.0 Å². The van der Waals surface area contributed by atoms with Gasteiger partial charge in [-0.2, -0.15) is 0 Å². The highest BCUT2D eigenvalue weighted by Crippen LogP contribution is 2.33. The van der Waals surface area contributed by atoms with Gasteiger partial charge in [0.2, 0.25) is 11.8 Å². The fraction of sp³-hybridized carbons (Fsp3) is 0.800. The summed E-state index contributed by atoms with van der Waals surface area (Å²) in [5.74, 6) is 1.09. The van der Waals surface area contributed by atoms with E-state index in [2.05, 4.69) is 25.4 Å². The molecule has 1 fully saturated rings. The van der Waals surface area contributed by atoms with E-state index in [1.807, 2.05) is 27.0 Å². The van der Waals surface area contributed by atoms with Gasteiger partial charge in [0.25, 0.3) is 0 Å². The lowest BCUT2D eigenvalue weighted by Crippen LogP contribution is -2.35. The zero-order valence-corrected chi connectivity index (χ0v) is 18.5. The molecule has 0 spiro atoms. The molecule has 7 nitrogen and oxygen atoms in total. The minimum Gasteiger partial charge on any atom is -0.356 e. The number of aromatic nitrogens is 3. The van der Waals surface area contributed by atoms with Crippen molar-refractivity contribution in [2.24, 2.45) is 5.41 Å². The first-order chi connectivity index (χ1) is 13.3. The molecular weight excluding hydrogens is 374 g/mol. The molecule has 28 heavy (non-hydrogen) atoms. The van der Waals surface area contributed by atoms with Gasteiger partial charge >= 0.3 is 0 Å². The van der Waals surface area contributed by atoms with E-state index in [0.717, 1.165) is 23.8 Å². The number of thioether (sulfide) groups is 1. The van der Waals surface area contributed by atoms with Gasteiger partial charge in [0.1, 0.15) is 5.82 Å². The average molecular weight is 410 g/mol. The van der Waals surface area contributed by atoms with Crippen LogP contribution in [0.4, 0.5) is 0 Å². The molecule has 2 amide bonds. The molecule has 0 aromatic carbocycles. The van der Waals surface area contributed by atoms with E-state index in [1.165, 1.54) is 25.7 Å². The monoisotopic (exact) mass is 409 g/mol. The molecule has 1 aliphatic carbocycles. The third-order valence-electron chi connectivity index (χ3n) is 5.05. The third-order valence-corrected chi connectivity index (χ3v) is 5.70. The lowest BCUT2D eigenvalue weighted by Gasteiger charge is -2.17. The Kier molecular flexibility index (Phi) is 8.79. The van der Waals surface area contributed by atoms with Crippen molar-refractivity contribution in [1.82, 2.24) is 25.4 Å². The molecule has 1 heterocycles. The van der Waals surface area contributed by atoms with Gasteiger partial charge in [-0.1, -0.05) is 45.4 Å². The Bertz CT molecular complexity index is 648. The Morgan fingerprint density at radius 1 is 1.11 bits per heavy atom. The van der Waals surface area contributed by atoms with Crippen molar-refractivity contribution in [2.45, 2.75) is 83.3 Å². The highest BCUT2D eigenvalue weighted by Gasteiger charge is 2.23. The van der Waals surface area contributed by atoms with Gasteiger partial charge in [0.05, 0.1) is 0 Å². The van der Waals surface area contributed by atoms with Crippen molar-refractivity contribution in [3.05, 3.63) is 5.82 Å². The van der Waals surface area contributed by atoms with Crippen LogP contribution in [0, 0.1) is 5.41 Å². The number of nitrogens with one attached hydrogen (secondary N) is 2. The number of nitrogens with zero attached hydrogens (tertiary/aromatic N) is 3. The number of carbonyl (C=O) groups is 2. The zero-order valence-electron chi connectivity index (χ0n) is 17.7. The first-order valence-electron chi connectivity index (χ1n) is 10.4. The number of amides is 2. The van der Waals surface area contributed by atoms with E-state index in [-0.39, 0.29) is 11.8 Å². The van der Waals surface area contributed by atoms with E-state index >= 15 is 0 Å². The summed E-state index contributed by atoms with van der Waals surface area (Å²) in [6.07, 6.45) is 9.79. The number of carbonyl (C=O) groups excluding carboxylic acids is 2. The van der Waals surface area contributed by atoms with Crippen LogP contribution in [0.2, 0.25) is 0 Å². The van der Waals surface area contributed by atoms with Crippen molar-refractivity contribution >= 4 is 23.6 Å². The molecule has 0 atom stereocenters. The standard InChI is InChI=1S/C20H35N5O2S/c1-20(2,3)18(27)22-14-8-12-17(26)21-13-7-11-16-23-24-19(28-4)25(16)15-9-5-6-10-15/h15H,5-14H2,1-4H3,(H,21,26)(H,22,27). The van der Waals surface area contributed by atoms with Gasteiger partial charge in [-0.25, -0.2) is 0 Å². The molecule has 0 bridgehead atoms. The fourth-order valence-electron chi connectivity index (χ4n) is 3.43. The molecule has 0 saturated heterocycles. The van der Waals surface area contributed by atoms with Gasteiger partial charge in [0, 0.05) is 37.4 Å². The lowest BCUT2D eigenvalue weighted by atomic mass is 9.96. The SMILES string of the molecule is CSc1nnc(CCCNC(=O)CCCNC(=O)C(C)(C)C)n1C1CCCC1. The molecule has 2 rings (SSSR count). The number of hydrogen-bond acceptors (Lipinski definition) is 5. The van der Waals surface area contributed by atoms with E-state index in [1.54, 1.807) is 11.8 Å². The maximum absolute atomic E-state index is 12.0. The third kappa shape index (κ3) is 6.79. The predicted octanol–water partition coefficient (Wildman–Crippen LogP) is 3.11. The Morgan fingerprint density at radius 2 is 1.79 bits per heavy atom. The maximum Gasteiger partial charge on any atom is 0.225 e. The maximum atomic E-state index is 12.0. The minimum atomic E-state index is -0.391. The topological polar surface area (TPSA) is 88.9 Å². The van der Waals surface area contributed by atoms with Gasteiger partial charge < -0.3 is 15.2 Å². The van der Waals surface area contributed by atoms with Crippen LogP contribution in [0.1, 0.15) is 77.6 Å². The van der Waals surface area contributed by atoms with Crippen LogP contribution < -0.4 is 10.6 Å². The average Bonchev–Trinajstić information content (AvgIpc) is 3.30. The summed E-state index contributed by atoms with van der Waals surface area (Å²) in [5.41, 5.74) is -0.391. The molecule has 1 aliphatic rings. The van der Waals surface area contributed by atoms with Crippen molar-refractivity contribution in [2.75, 3.05) is 19.3 Å². The van der Waals surface area contributed by atoms with Crippen LogP contribution in [0.25, 0.3) is 0 Å². The number of hydrogen-bond donors (Lipinski definition) is 2. The lowest BCUT2D eigenvalue weighted by molar-refractivity contribution is -0.128. The Hall–Kier alpha value is -1.57. The molecule has 0 aliphatic heterocycles. The summed E-state index contributed by atoms with van der Waals surface area (Å²) in [6, 6.07) is 0.533. The quantitative estimate of drug-likeness (QED) is 0.458. The van der Waals surface area contributed by atoms with Gasteiger partial charge in [-0.15, -0.1) is 10.2 Å². The second kappa shape index (κ2) is 10.8. The smallest absolute Gasteiger partial charge is 0.225 e. The van der Waals surface area contributed by atoms with E-state index in [4.69, 9.17) is 0 Å². The number of aryl methyl sites for hydroxylation is 1. The number of rotatable bonds is 10. The summed E-state index contributed by atoms with van der Waals surface area (Å²) < 4.78 is 2.32. The van der Waals surface area contributed by atoms with Crippen molar-refractivity contribution in [3.8, 4) is 0 Å². The van der Waals surface area contributed by atoms with Crippen molar-refractivity contribution < 1.29 is 9.59 Å². The molecule has 158 valence electrons. The summed E-state index contributed by atoms with van der Waals surface area (Å²) in [5, 5.41) is 15.6. The van der Waals surface area contributed by atoms with Gasteiger partial charge in [0.15, 0.2) is 5.16 Å². The molecule has 2 N–H and O–H groups in total. The largest absolute Gasteiger partial charge is 0.356 e. The molecular formula is C20H35N5O2S. The van der Waals surface area contributed by atoms with Gasteiger partial charge in [-0.3, -0.25) is 9.59 Å². The van der Waals surface area contributed by atoms with Crippen LogP contribution in [-0.2, 0) is 16.0 Å². The molecule has 1 saturated carbocycles. The molecule has 0 radical (unpaired) electrons. The second-order valence-electron chi connectivity index (χ2n) is 8.47. The summed E-state index contributed by atoms with van der Waals surface area (Å²) >= 11 is 1.65.